The van der Waals surface area contributed by atoms with Gasteiger partial charge in [-0.15, -0.1) is 0 Å². The van der Waals surface area contributed by atoms with Crippen LogP contribution in [0.2, 0.25) is 0 Å². The molecular formula is C27H24FN7O4. The zero-order valence-corrected chi connectivity index (χ0v) is 21.6. The van der Waals surface area contributed by atoms with Crippen molar-refractivity contribution < 1.29 is 18.6 Å². The molecule has 5 rings (SSSR count). The molecule has 0 fully saturated rings. The van der Waals surface area contributed by atoms with Crippen molar-refractivity contribution in [2.75, 3.05) is 0 Å². The third kappa shape index (κ3) is 4.96. The van der Waals surface area contributed by atoms with Gasteiger partial charge in [-0.05, 0) is 30.7 Å². The molecule has 0 atom stereocenters. The Morgan fingerprint density at radius 3 is 2.64 bits per heavy atom. The summed E-state index contributed by atoms with van der Waals surface area (Å²) in [5.74, 6) is -0.651. The molecule has 0 bridgehead atoms. The van der Waals surface area contributed by atoms with E-state index in [0.29, 0.717) is 39.2 Å². The zero-order valence-electron chi connectivity index (χ0n) is 21.6. The highest BCUT2D eigenvalue weighted by molar-refractivity contribution is 5.92. The number of halogens is 1. The molecule has 2 N–H and O–H groups in total. The van der Waals surface area contributed by atoms with E-state index >= 15 is 4.39 Å². The molecule has 0 saturated heterocycles. The van der Waals surface area contributed by atoms with Gasteiger partial charge < -0.3 is 14.8 Å². The SMILES string of the molecule is Cc1cccc(-c2nc3nccc(-c4ccc(CNC(=O)c5nc(C(C)(C)C)no5)c(F)c4)c3[nH]2)c1[N+](=O)[O-]. The van der Waals surface area contributed by atoms with Gasteiger partial charge in [0.1, 0.15) is 11.6 Å². The molecule has 0 saturated carbocycles. The van der Waals surface area contributed by atoms with Crippen LogP contribution < -0.4 is 5.32 Å². The molecule has 0 aliphatic heterocycles. The van der Waals surface area contributed by atoms with E-state index in [1.54, 1.807) is 43.3 Å². The lowest BCUT2D eigenvalue weighted by atomic mass is 9.96. The van der Waals surface area contributed by atoms with E-state index < -0.39 is 16.6 Å². The molecule has 3 aromatic heterocycles. The number of hydrogen-bond donors (Lipinski definition) is 2. The second-order valence-electron chi connectivity index (χ2n) is 10.0. The average Bonchev–Trinajstić information content (AvgIpc) is 3.55. The van der Waals surface area contributed by atoms with Gasteiger partial charge in [-0.2, -0.15) is 4.98 Å². The topological polar surface area (TPSA) is 153 Å². The summed E-state index contributed by atoms with van der Waals surface area (Å²) >= 11 is 0. The fourth-order valence-corrected chi connectivity index (χ4v) is 4.10. The Balaban J connectivity index is 1.40. The van der Waals surface area contributed by atoms with Crippen molar-refractivity contribution in [3.63, 3.8) is 0 Å². The van der Waals surface area contributed by atoms with Crippen molar-refractivity contribution in [2.24, 2.45) is 0 Å². The van der Waals surface area contributed by atoms with E-state index in [9.17, 15) is 14.9 Å². The van der Waals surface area contributed by atoms with Crippen LogP contribution in [0, 0.1) is 22.9 Å². The van der Waals surface area contributed by atoms with Gasteiger partial charge in [-0.3, -0.25) is 14.9 Å². The predicted molar refractivity (Wildman–Crippen MR) is 140 cm³/mol. The molecule has 1 amide bonds. The Kier molecular flexibility index (Phi) is 6.38. The van der Waals surface area contributed by atoms with E-state index in [1.165, 1.54) is 12.3 Å². The number of aromatic nitrogens is 5. The number of benzene rings is 2. The number of aryl methyl sites for hydroxylation is 1. The molecule has 0 aliphatic rings. The van der Waals surface area contributed by atoms with Crippen LogP contribution in [0.4, 0.5) is 10.1 Å². The number of nitro groups is 1. The van der Waals surface area contributed by atoms with Gasteiger partial charge in [0, 0.05) is 34.8 Å². The molecule has 198 valence electrons. The first-order valence-electron chi connectivity index (χ1n) is 12.0. The number of pyridine rings is 1. The first-order valence-corrected chi connectivity index (χ1v) is 12.0. The van der Waals surface area contributed by atoms with Gasteiger partial charge in [-0.1, -0.05) is 50.2 Å². The van der Waals surface area contributed by atoms with Crippen LogP contribution in [0.15, 0.2) is 53.2 Å². The minimum absolute atomic E-state index is 0.0503. The van der Waals surface area contributed by atoms with Crippen molar-refractivity contribution in [1.82, 2.24) is 30.4 Å². The fourth-order valence-electron chi connectivity index (χ4n) is 4.10. The fraction of sp³-hybridized carbons (Fsp3) is 0.222. The lowest BCUT2D eigenvalue weighted by Crippen LogP contribution is -2.24. The van der Waals surface area contributed by atoms with Crippen LogP contribution in [0.25, 0.3) is 33.7 Å². The zero-order chi connectivity index (χ0) is 27.9. The molecule has 0 aliphatic carbocycles. The van der Waals surface area contributed by atoms with Crippen molar-refractivity contribution in [1.29, 1.82) is 0 Å². The second kappa shape index (κ2) is 9.71. The van der Waals surface area contributed by atoms with Crippen LogP contribution in [0.1, 0.15) is 48.4 Å². The smallest absolute Gasteiger partial charge is 0.315 e. The number of fused-ring (bicyclic) bond motifs is 1. The Morgan fingerprint density at radius 2 is 1.95 bits per heavy atom. The number of aromatic amines is 1. The van der Waals surface area contributed by atoms with E-state index in [-0.39, 0.29) is 34.9 Å². The maximum atomic E-state index is 15.1. The highest BCUT2D eigenvalue weighted by Crippen LogP contribution is 2.34. The molecule has 3 heterocycles. The predicted octanol–water partition coefficient (Wildman–Crippen LogP) is 5.26. The summed E-state index contributed by atoms with van der Waals surface area (Å²) in [5.41, 5.74) is 2.66. The molecule has 2 aromatic carbocycles. The van der Waals surface area contributed by atoms with Gasteiger partial charge in [0.2, 0.25) is 0 Å². The molecular weight excluding hydrogens is 505 g/mol. The Morgan fingerprint density at radius 1 is 1.15 bits per heavy atom. The lowest BCUT2D eigenvalue weighted by Gasteiger charge is -2.10. The van der Waals surface area contributed by atoms with Gasteiger partial charge in [0.05, 0.1) is 16.0 Å². The third-order valence-corrected chi connectivity index (χ3v) is 6.16. The molecule has 5 aromatic rings. The van der Waals surface area contributed by atoms with E-state index in [2.05, 4.69) is 30.4 Å². The van der Waals surface area contributed by atoms with Gasteiger partial charge in [0.25, 0.3) is 5.69 Å². The van der Waals surface area contributed by atoms with Crippen LogP contribution >= 0.6 is 0 Å². The normalized spacial score (nSPS) is 11.6. The molecule has 0 spiro atoms. The van der Waals surface area contributed by atoms with Crippen LogP contribution in [-0.2, 0) is 12.0 Å². The summed E-state index contributed by atoms with van der Waals surface area (Å²) in [6, 6.07) is 11.3. The number of imidazole rings is 1. The quantitative estimate of drug-likeness (QED) is 0.223. The Hall–Kier alpha value is -5.00. The minimum atomic E-state index is -0.604. The number of para-hydroxylation sites is 1. The molecule has 12 heteroatoms. The number of hydrogen-bond acceptors (Lipinski definition) is 8. The number of carbonyl (C=O) groups excluding carboxylic acids is 1. The van der Waals surface area contributed by atoms with Crippen molar-refractivity contribution in [3.8, 4) is 22.5 Å². The first kappa shape index (κ1) is 25.6. The highest BCUT2D eigenvalue weighted by Gasteiger charge is 2.24. The maximum Gasteiger partial charge on any atom is 0.315 e. The number of nitrogens with one attached hydrogen (secondary N) is 2. The van der Waals surface area contributed by atoms with Crippen LogP contribution in [0.5, 0.6) is 0 Å². The summed E-state index contributed by atoms with van der Waals surface area (Å²) in [4.78, 5) is 39.6. The summed E-state index contributed by atoms with van der Waals surface area (Å²) in [6.45, 7) is 7.25. The van der Waals surface area contributed by atoms with Gasteiger partial charge in [-0.25, -0.2) is 14.4 Å². The molecule has 11 nitrogen and oxygen atoms in total. The number of rotatable bonds is 6. The number of nitro benzene ring substituents is 1. The summed E-state index contributed by atoms with van der Waals surface area (Å²) in [5, 5.41) is 18.1. The maximum absolute atomic E-state index is 15.1. The van der Waals surface area contributed by atoms with Crippen LogP contribution in [0.3, 0.4) is 0 Å². The Labute approximate surface area is 221 Å². The molecule has 0 radical (unpaired) electrons. The summed E-state index contributed by atoms with van der Waals surface area (Å²) in [7, 11) is 0. The van der Waals surface area contributed by atoms with Crippen molar-refractivity contribution in [2.45, 2.75) is 39.7 Å². The van der Waals surface area contributed by atoms with E-state index in [1.807, 2.05) is 20.8 Å². The van der Waals surface area contributed by atoms with Gasteiger partial charge >= 0.3 is 11.8 Å². The summed E-state index contributed by atoms with van der Waals surface area (Å²) < 4.78 is 20.1. The summed E-state index contributed by atoms with van der Waals surface area (Å²) in [6.07, 6.45) is 1.54. The second-order valence-corrected chi connectivity index (χ2v) is 10.0. The van der Waals surface area contributed by atoms with E-state index in [0.717, 1.165) is 0 Å². The average molecular weight is 530 g/mol. The monoisotopic (exact) mass is 529 g/mol. The molecule has 0 unspecified atom stereocenters. The lowest BCUT2D eigenvalue weighted by molar-refractivity contribution is -0.384. The van der Waals surface area contributed by atoms with Gasteiger partial charge in [0.15, 0.2) is 11.5 Å². The number of amides is 1. The standard InChI is InChI=1S/C27H24FN7O4/c1-14-6-5-7-18(21(14)35(37)38)22-31-20-17(10-11-29-23(20)32-22)15-8-9-16(19(28)12-15)13-30-24(36)25-33-26(34-39-25)27(2,3)4/h5-12H,13H2,1-4H3,(H,30,36)(H,29,31,32). The Bertz CT molecular complexity index is 1740. The largest absolute Gasteiger partial charge is 0.344 e. The van der Waals surface area contributed by atoms with E-state index in [4.69, 9.17) is 4.52 Å². The number of nitrogens with zero attached hydrogens (tertiary/aromatic N) is 5. The van der Waals surface area contributed by atoms with Crippen molar-refractivity contribution in [3.05, 3.63) is 87.4 Å². The third-order valence-electron chi connectivity index (χ3n) is 6.16. The number of H-pyrrole nitrogens is 1. The van der Waals surface area contributed by atoms with Crippen LogP contribution in [-0.4, -0.2) is 35.9 Å². The minimum Gasteiger partial charge on any atom is -0.344 e. The molecule has 39 heavy (non-hydrogen) atoms. The first-order chi connectivity index (χ1) is 18.5. The number of carbonyl (C=O) groups is 1. The van der Waals surface area contributed by atoms with Crippen molar-refractivity contribution >= 4 is 22.8 Å². The highest BCUT2D eigenvalue weighted by atomic mass is 19.1.